The summed E-state index contributed by atoms with van der Waals surface area (Å²) in [6, 6.07) is 16.7. The topological polar surface area (TPSA) is 33.1 Å². The molecule has 25 heavy (non-hydrogen) atoms. The van der Waals surface area contributed by atoms with E-state index in [2.05, 4.69) is 13.8 Å². The van der Waals surface area contributed by atoms with Crippen LogP contribution in [0.5, 0.6) is 0 Å². The Bertz CT molecular complexity index is 888. The second-order valence-corrected chi connectivity index (χ2v) is 6.56. The van der Waals surface area contributed by atoms with E-state index in [1.807, 2.05) is 43.3 Å². The van der Waals surface area contributed by atoms with Gasteiger partial charge in [-0.15, -0.1) is 0 Å². The number of halogens is 1. The van der Waals surface area contributed by atoms with Crippen LogP contribution >= 0.6 is 0 Å². The van der Waals surface area contributed by atoms with Gasteiger partial charge in [-0.1, -0.05) is 50.2 Å². The molecule has 1 N–H and O–H groups in total. The Hall–Kier alpha value is -2.52. The van der Waals surface area contributed by atoms with Crippen molar-refractivity contribution in [2.75, 3.05) is 0 Å². The number of aromatic nitrogens is 1. The molecule has 0 bridgehead atoms. The minimum Gasteiger partial charge on any atom is -0.392 e. The van der Waals surface area contributed by atoms with Crippen LogP contribution in [0.3, 0.4) is 0 Å². The first-order valence-electron chi connectivity index (χ1n) is 8.48. The van der Waals surface area contributed by atoms with Gasteiger partial charge in [-0.2, -0.15) is 0 Å². The molecule has 0 saturated carbocycles. The van der Waals surface area contributed by atoms with Crippen LogP contribution in [0.15, 0.2) is 54.6 Å². The Balaban J connectivity index is 2.30. The van der Waals surface area contributed by atoms with Crippen LogP contribution < -0.4 is 0 Å². The number of aliphatic hydroxyl groups is 1. The van der Waals surface area contributed by atoms with Crippen molar-refractivity contribution in [3.05, 3.63) is 77.2 Å². The van der Waals surface area contributed by atoms with Gasteiger partial charge in [-0.25, -0.2) is 4.39 Å². The van der Waals surface area contributed by atoms with Crippen molar-refractivity contribution < 1.29 is 9.50 Å². The molecule has 0 aliphatic carbocycles. The average Bonchev–Trinajstić information content (AvgIpc) is 2.61. The predicted molar refractivity (Wildman–Crippen MR) is 99.8 cm³/mol. The Morgan fingerprint density at radius 2 is 1.72 bits per heavy atom. The smallest absolute Gasteiger partial charge is 0.123 e. The Morgan fingerprint density at radius 1 is 1.00 bits per heavy atom. The van der Waals surface area contributed by atoms with Gasteiger partial charge in [0.2, 0.25) is 0 Å². The summed E-state index contributed by atoms with van der Waals surface area (Å²) in [5.41, 5.74) is 6.25. The molecule has 3 rings (SSSR count). The van der Waals surface area contributed by atoms with E-state index in [1.54, 1.807) is 6.07 Å². The standard InChI is InChI=1S/C22H22FNO/c1-14(2)22-20(13-25)19(18-10-9-17(23)11-15(18)3)12-21(24-22)16-7-5-4-6-8-16/h4-12,14,25H,13H2,1-3H3. The molecule has 3 aromatic rings. The van der Waals surface area contributed by atoms with Gasteiger partial charge in [0, 0.05) is 16.8 Å². The zero-order valence-corrected chi connectivity index (χ0v) is 14.8. The number of hydrogen-bond acceptors (Lipinski definition) is 2. The van der Waals surface area contributed by atoms with Crippen LogP contribution in [-0.4, -0.2) is 10.1 Å². The Morgan fingerprint density at radius 3 is 2.32 bits per heavy atom. The summed E-state index contributed by atoms with van der Waals surface area (Å²) < 4.78 is 13.5. The number of rotatable bonds is 4. The van der Waals surface area contributed by atoms with Gasteiger partial charge < -0.3 is 5.11 Å². The van der Waals surface area contributed by atoms with Gasteiger partial charge in [0.05, 0.1) is 12.3 Å². The monoisotopic (exact) mass is 335 g/mol. The van der Waals surface area contributed by atoms with E-state index in [1.165, 1.54) is 12.1 Å². The van der Waals surface area contributed by atoms with Gasteiger partial charge in [0.15, 0.2) is 0 Å². The highest BCUT2D eigenvalue weighted by atomic mass is 19.1. The van der Waals surface area contributed by atoms with Gasteiger partial charge in [0.25, 0.3) is 0 Å². The normalized spacial score (nSPS) is 11.1. The summed E-state index contributed by atoms with van der Waals surface area (Å²) >= 11 is 0. The highest BCUT2D eigenvalue weighted by Gasteiger charge is 2.18. The van der Waals surface area contributed by atoms with Crippen molar-refractivity contribution in [1.29, 1.82) is 0 Å². The van der Waals surface area contributed by atoms with Crippen molar-refractivity contribution in [2.45, 2.75) is 33.3 Å². The van der Waals surface area contributed by atoms with Gasteiger partial charge in [-0.05, 0) is 47.7 Å². The Labute approximate surface area is 148 Å². The SMILES string of the molecule is Cc1cc(F)ccc1-c1cc(-c2ccccc2)nc(C(C)C)c1CO. The summed E-state index contributed by atoms with van der Waals surface area (Å²) in [5.74, 6) is -0.0847. The molecule has 3 heteroatoms. The number of aliphatic hydroxyl groups excluding tert-OH is 1. The third-order valence-corrected chi connectivity index (χ3v) is 4.41. The molecule has 0 spiro atoms. The molecular formula is C22H22FNO. The maximum absolute atomic E-state index is 13.5. The third-order valence-electron chi connectivity index (χ3n) is 4.41. The lowest BCUT2D eigenvalue weighted by atomic mass is 9.91. The van der Waals surface area contributed by atoms with Gasteiger partial charge in [0.1, 0.15) is 5.82 Å². The molecule has 0 radical (unpaired) electrons. The van der Waals surface area contributed by atoms with Crippen molar-refractivity contribution in [3.8, 4) is 22.4 Å². The minimum atomic E-state index is -0.256. The number of aryl methyl sites for hydroxylation is 1. The predicted octanol–water partition coefficient (Wildman–Crippen LogP) is 5.48. The quantitative estimate of drug-likeness (QED) is 0.685. The maximum atomic E-state index is 13.5. The van der Waals surface area contributed by atoms with E-state index in [0.717, 1.165) is 39.2 Å². The molecule has 128 valence electrons. The lowest BCUT2D eigenvalue weighted by Crippen LogP contribution is -2.05. The van der Waals surface area contributed by atoms with E-state index < -0.39 is 0 Å². The van der Waals surface area contributed by atoms with Crippen molar-refractivity contribution in [1.82, 2.24) is 4.98 Å². The summed E-state index contributed by atoms with van der Waals surface area (Å²) in [5, 5.41) is 10.0. The molecule has 1 aromatic heterocycles. The molecule has 0 saturated heterocycles. The summed E-state index contributed by atoms with van der Waals surface area (Å²) in [4.78, 5) is 4.81. The minimum absolute atomic E-state index is 0.0955. The number of benzene rings is 2. The molecule has 0 unspecified atom stereocenters. The summed E-state index contributed by atoms with van der Waals surface area (Å²) in [6.45, 7) is 5.92. The number of nitrogens with zero attached hydrogens (tertiary/aromatic N) is 1. The molecule has 0 aliphatic heterocycles. The van der Waals surface area contributed by atoms with E-state index in [4.69, 9.17) is 4.98 Å². The fourth-order valence-electron chi connectivity index (χ4n) is 3.16. The number of hydrogen-bond donors (Lipinski definition) is 1. The van der Waals surface area contributed by atoms with Gasteiger partial charge in [-0.3, -0.25) is 4.98 Å². The zero-order valence-electron chi connectivity index (χ0n) is 14.8. The average molecular weight is 335 g/mol. The molecule has 0 aliphatic rings. The largest absolute Gasteiger partial charge is 0.392 e. The molecule has 0 atom stereocenters. The van der Waals surface area contributed by atoms with Gasteiger partial charge >= 0.3 is 0 Å². The second-order valence-electron chi connectivity index (χ2n) is 6.56. The van der Waals surface area contributed by atoms with Crippen LogP contribution in [0.1, 0.15) is 36.6 Å². The zero-order chi connectivity index (χ0) is 18.0. The number of pyridine rings is 1. The van der Waals surface area contributed by atoms with E-state index >= 15 is 0 Å². The van der Waals surface area contributed by atoms with Crippen LogP contribution in [0.2, 0.25) is 0 Å². The fourth-order valence-corrected chi connectivity index (χ4v) is 3.16. The van der Waals surface area contributed by atoms with Crippen molar-refractivity contribution >= 4 is 0 Å². The van der Waals surface area contributed by atoms with Crippen LogP contribution in [0.25, 0.3) is 22.4 Å². The first-order valence-corrected chi connectivity index (χ1v) is 8.48. The summed E-state index contributed by atoms with van der Waals surface area (Å²) in [6.07, 6.45) is 0. The maximum Gasteiger partial charge on any atom is 0.123 e. The van der Waals surface area contributed by atoms with E-state index in [9.17, 15) is 9.50 Å². The third kappa shape index (κ3) is 3.47. The van der Waals surface area contributed by atoms with Crippen molar-refractivity contribution in [2.24, 2.45) is 0 Å². The van der Waals surface area contributed by atoms with E-state index in [-0.39, 0.29) is 18.3 Å². The summed E-state index contributed by atoms with van der Waals surface area (Å²) in [7, 11) is 0. The van der Waals surface area contributed by atoms with Crippen molar-refractivity contribution in [3.63, 3.8) is 0 Å². The van der Waals surface area contributed by atoms with Crippen LogP contribution in [0.4, 0.5) is 4.39 Å². The van der Waals surface area contributed by atoms with Crippen LogP contribution in [0, 0.1) is 12.7 Å². The lowest BCUT2D eigenvalue weighted by Gasteiger charge is -2.19. The first kappa shape index (κ1) is 17.3. The molecule has 2 nitrogen and oxygen atoms in total. The lowest BCUT2D eigenvalue weighted by molar-refractivity contribution is 0.280. The highest BCUT2D eigenvalue weighted by molar-refractivity contribution is 5.76. The molecular weight excluding hydrogens is 313 g/mol. The first-order chi connectivity index (χ1) is 12.0. The van der Waals surface area contributed by atoms with Crippen LogP contribution in [-0.2, 0) is 6.61 Å². The molecule has 0 amide bonds. The molecule has 1 heterocycles. The van der Waals surface area contributed by atoms with E-state index in [0.29, 0.717) is 0 Å². The molecule has 0 fully saturated rings. The fraction of sp³-hybridized carbons (Fsp3) is 0.227. The molecule has 2 aromatic carbocycles. The highest BCUT2D eigenvalue weighted by Crippen LogP contribution is 2.35. The Kier molecular flexibility index (Phi) is 4.95. The second kappa shape index (κ2) is 7.16.